The molecule has 0 bridgehead atoms. The summed E-state index contributed by atoms with van der Waals surface area (Å²) in [5.41, 5.74) is 1.25. The summed E-state index contributed by atoms with van der Waals surface area (Å²) in [6.07, 6.45) is 2.09. The van der Waals surface area contributed by atoms with Crippen molar-refractivity contribution >= 4 is 21.9 Å². The number of benzene rings is 1. The fourth-order valence-corrected chi connectivity index (χ4v) is 2.36. The largest absolute Gasteiger partial charge is 0.382 e. The van der Waals surface area contributed by atoms with Crippen molar-refractivity contribution < 1.29 is 9.47 Å². The zero-order chi connectivity index (χ0) is 16.9. The predicted molar refractivity (Wildman–Crippen MR) is 98.9 cm³/mol. The lowest BCUT2D eigenvalue weighted by atomic mass is 10.2. The van der Waals surface area contributed by atoms with Crippen LogP contribution in [0, 0.1) is 0 Å². The molecule has 0 atom stereocenters. The predicted octanol–water partition coefficient (Wildman–Crippen LogP) is 2.90. The number of nitrogens with zero attached hydrogens (tertiary/aromatic N) is 2. The first kappa shape index (κ1) is 19.9. The van der Waals surface area contributed by atoms with Gasteiger partial charge in [0.2, 0.25) is 0 Å². The highest BCUT2D eigenvalue weighted by Gasteiger charge is 2.06. The van der Waals surface area contributed by atoms with Crippen LogP contribution in [0.15, 0.2) is 33.7 Å². The van der Waals surface area contributed by atoms with Gasteiger partial charge in [0.05, 0.1) is 13.2 Å². The Hall–Kier alpha value is -1.11. The maximum Gasteiger partial charge on any atom is 0.193 e. The van der Waals surface area contributed by atoms with E-state index in [1.54, 1.807) is 7.11 Å². The molecule has 0 saturated carbocycles. The lowest BCUT2D eigenvalue weighted by Gasteiger charge is -2.22. The molecule has 0 aliphatic heterocycles. The summed E-state index contributed by atoms with van der Waals surface area (Å²) in [5.74, 6) is 0.910. The molecule has 1 aromatic rings. The number of hydrogen-bond donors (Lipinski definition) is 1. The first-order valence-corrected chi connectivity index (χ1v) is 8.69. The highest BCUT2D eigenvalue weighted by atomic mass is 79.9. The second-order valence-electron chi connectivity index (χ2n) is 5.27. The van der Waals surface area contributed by atoms with E-state index in [-0.39, 0.29) is 0 Å². The summed E-state index contributed by atoms with van der Waals surface area (Å²) >= 11 is 3.46. The van der Waals surface area contributed by atoms with E-state index in [4.69, 9.17) is 9.47 Å². The van der Waals surface area contributed by atoms with Gasteiger partial charge >= 0.3 is 0 Å². The molecule has 0 aliphatic carbocycles. The molecule has 0 saturated heterocycles. The number of hydrogen-bond acceptors (Lipinski definition) is 3. The smallest absolute Gasteiger partial charge is 0.193 e. The number of halogens is 1. The van der Waals surface area contributed by atoms with E-state index in [9.17, 15) is 0 Å². The Kier molecular flexibility index (Phi) is 10.7. The van der Waals surface area contributed by atoms with Gasteiger partial charge in [-0.15, -0.1) is 0 Å². The van der Waals surface area contributed by atoms with Crippen molar-refractivity contribution in [2.75, 3.05) is 47.6 Å². The zero-order valence-corrected chi connectivity index (χ0v) is 15.9. The van der Waals surface area contributed by atoms with Gasteiger partial charge in [-0.05, 0) is 30.5 Å². The van der Waals surface area contributed by atoms with Gasteiger partial charge in [0.15, 0.2) is 5.96 Å². The van der Waals surface area contributed by atoms with Crippen molar-refractivity contribution in [3.8, 4) is 0 Å². The van der Waals surface area contributed by atoms with Crippen molar-refractivity contribution in [2.45, 2.75) is 19.4 Å². The van der Waals surface area contributed by atoms with Gasteiger partial charge in [-0.3, -0.25) is 4.99 Å². The normalized spacial score (nSPS) is 11.6. The second-order valence-corrected chi connectivity index (χ2v) is 6.18. The number of ether oxygens (including phenoxy) is 2. The van der Waals surface area contributed by atoms with Gasteiger partial charge in [0, 0.05) is 45.4 Å². The Morgan fingerprint density at radius 1 is 1.17 bits per heavy atom. The first-order chi connectivity index (χ1) is 11.2. The van der Waals surface area contributed by atoms with Gasteiger partial charge in [0.25, 0.3) is 0 Å². The third kappa shape index (κ3) is 8.93. The standard InChI is InChI=1S/C17H28BrN3O2/c1-19-17(20-10-4-5-11-23-13-12-22-3)21(2)14-15-6-8-16(18)9-7-15/h6-9H,4-5,10-14H2,1-3H3,(H,19,20). The third-order valence-electron chi connectivity index (χ3n) is 3.34. The van der Waals surface area contributed by atoms with Crippen LogP contribution >= 0.6 is 15.9 Å². The molecule has 0 aromatic heterocycles. The summed E-state index contributed by atoms with van der Waals surface area (Å²) < 4.78 is 11.5. The van der Waals surface area contributed by atoms with Crippen LogP contribution in [0.3, 0.4) is 0 Å². The van der Waals surface area contributed by atoms with Gasteiger partial charge in [0.1, 0.15) is 0 Å². The molecular weight excluding hydrogens is 358 g/mol. The van der Waals surface area contributed by atoms with E-state index in [1.165, 1.54) is 5.56 Å². The maximum absolute atomic E-state index is 5.45. The fourth-order valence-electron chi connectivity index (χ4n) is 2.10. The van der Waals surface area contributed by atoms with Gasteiger partial charge in [-0.2, -0.15) is 0 Å². The van der Waals surface area contributed by atoms with E-state index in [2.05, 4.69) is 55.4 Å². The minimum atomic E-state index is 0.658. The summed E-state index contributed by atoms with van der Waals surface area (Å²) in [6, 6.07) is 8.35. The van der Waals surface area contributed by atoms with E-state index in [0.717, 1.165) is 43.0 Å². The van der Waals surface area contributed by atoms with Crippen LogP contribution in [0.25, 0.3) is 0 Å². The van der Waals surface area contributed by atoms with Crippen LogP contribution < -0.4 is 5.32 Å². The second kappa shape index (κ2) is 12.3. The highest BCUT2D eigenvalue weighted by molar-refractivity contribution is 9.10. The van der Waals surface area contributed by atoms with Gasteiger partial charge < -0.3 is 19.7 Å². The van der Waals surface area contributed by atoms with E-state index < -0.39 is 0 Å². The van der Waals surface area contributed by atoms with E-state index in [0.29, 0.717) is 13.2 Å². The molecule has 0 amide bonds. The maximum atomic E-state index is 5.45. The fraction of sp³-hybridized carbons (Fsp3) is 0.588. The summed E-state index contributed by atoms with van der Waals surface area (Å²) in [6.45, 7) is 3.82. The highest BCUT2D eigenvalue weighted by Crippen LogP contribution is 2.11. The number of unbranched alkanes of at least 4 members (excludes halogenated alkanes) is 1. The van der Waals surface area contributed by atoms with Crippen LogP contribution in [0.1, 0.15) is 18.4 Å². The number of rotatable bonds is 10. The van der Waals surface area contributed by atoms with Gasteiger partial charge in [-0.25, -0.2) is 0 Å². The molecule has 0 heterocycles. The molecule has 5 nitrogen and oxygen atoms in total. The average molecular weight is 386 g/mol. The van der Waals surface area contributed by atoms with Crippen LogP contribution in [0.4, 0.5) is 0 Å². The van der Waals surface area contributed by atoms with Crippen molar-refractivity contribution in [1.82, 2.24) is 10.2 Å². The Morgan fingerprint density at radius 3 is 2.57 bits per heavy atom. The zero-order valence-electron chi connectivity index (χ0n) is 14.3. The van der Waals surface area contributed by atoms with Crippen LogP contribution in [0.2, 0.25) is 0 Å². The minimum absolute atomic E-state index is 0.658. The molecule has 0 spiro atoms. The topological polar surface area (TPSA) is 46.1 Å². The lowest BCUT2D eigenvalue weighted by molar-refractivity contribution is 0.0689. The molecule has 1 rings (SSSR count). The van der Waals surface area contributed by atoms with Crippen LogP contribution in [0.5, 0.6) is 0 Å². The Bertz CT molecular complexity index is 452. The van der Waals surface area contributed by atoms with Gasteiger partial charge in [-0.1, -0.05) is 28.1 Å². The molecule has 1 N–H and O–H groups in total. The van der Waals surface area contributed by atoms with Crippen molar-refractivity contribution in [1.29, 1.82) is 0 Å². The number of nitrogens with one attached hydrogen (secondary N) is 1. The van der Waals surface area contributed by atoms with E-state index >= 15 is 0 Å². The molecule has 23 heavy (non-hydrogen) atoms. The molecule has 1 aromatic carbocycles. The quantitative estimate of drug-likeness (QED) is 0.382. The Morgan fingerprint density at radius 2 is 1.91 bits per heavy atom. The summed E-state index contributed by atoms with van der Waals surface area (Å²) in [7, 11) is 5.54. The molecule has 0 unspecified atom stereocenters. The molecular formula is C17H28BrN3O2. The molecule has 0 aliphatic rings. The summed E-state index contributed by atoms with van der Waals surface area (Å²) in [5, 5.41) is 3.39. The van der Waals surface area contributed by atoms with E-state index in [1.807, 2.05) is 14.1 Å². The minimum Gasteiger partial charge on any atom is -0.382 e. The average Bonchev–Trinajstić information content (AvgIpc) is 2.55. The molecule has 130 valence electrons. The Balaban J connectivity index is 2.21. The van der Waals surface area contributed by atoms with Crippen LogP contribution in [-0.4, -0.2) is 58.4 Å². The monoisotopic (exact) mass is 385 g/mol. The first-order valence-electron chi connectivity index (χ1n) is 7.90. The summed E-state index contributed by atoms with van der Waals surface area (Å²) in [4.78, 5) is 6.46. The van der Waals surface area contributed by atoms with Crippen LogP contribution in [-0.2, 0) is 16.0 Å². The number of aliphatic imine (C=N–C) groups is 1. The molecule has 0 radical (unpaired) electrons. The Labute approximate surface area is 148 Å². The van der Waals surface area contributed by atoms with Crippen molar-refractivity contribution in [3.05, 3.63) is 34.3 Å². The SMILES string of the molecule is CN=C(NCCCCOCCOC)N(C)Cc1ccc(Br)cc1. The van der Waals surface area contributed by atoms with Crippen molar-refractivity contribution in [3.63, 3.8) is 0 Å². The number of guanidine groups is 1. The lowest BCUT2D eigenvalue weighted by Crippen LogP contribution is -2.38. The van der Waals surface area contributed by atoms with Crippen molar-refractivity contribution in [2.24, 2.45) is 4.99 Å². The number of methoxy groups -OCH3 is 1. The third-order valence-corrected chi connectivity index (χ3v) is 3.87. The molecule has 0 fully saturated rings. The molecule has 6 heteroatoms.